The topological polar surface area (TPSA) is 30.8 Å². The highest BCUT2D eigenvalue weighted by atomic mass is 127. The van der Waals surface area contributed by atoms with E-state index in [0.717, 1.165) is 6.42 Å². The third-order valence-electron chi connectivity index (χ3n) is 2.48. The maximum atomic E-state index is 5.55. The molecule has 0 aliphatic carbocycles. The van der Waals surface area contributed by atoms with E-state index in [-0.39, 0.29) is 6.10 Å². The van der Waals surface area contributed by atoms with Crippen molar-refractivity contribution < 1.29 is 9.47 Å². The summed E-state index contributed by atoms with van der Waals surface area (Å²) in [6.07, 6.45) is 6.99. The molecule has 4 heteroatoms. The quantitative estimate of drug-likeness (QED) is 0.284. The molecule has 0 aromatic heterocycles. The molecule has 0 bridgehead atoms. The van der Waals surface area contributed by atoms with Crippen molar-refractivity contribution in [3.63, 3.8) is 0 Å². The Morgan fingerprint density at radius 2 is 2.00 bits per heavy atom. The molecule has 1 rings (SSSR count). The van der Waals surface area contributed by atoms with Gasteiger partial charge in [-0.15, -0.1) is 0 Å². The van der Waals surface area contributed by atoms with Gasteiger partial charge in [-0.25, -0.2) is 3.21 Å². The Labute approximate surface area is 129 Å². The molecule has 3 nitrogen and oxygen atoms in total. The van der Waals surface area contributed by atoms with Crippen LogP contribution in [0.4, 0.5) is 0 Å². The van der Waals surface area contributed by atoms with Crippen LogP contribution in [-0.4, -0.2) is 25.5 Å². The van der Waals surface area contributed by atoms with Gasteiger partial charge < -0.3 is 9.47 Å². The molecule has 1 aromatic carbocycles. The zero-order valence-corrected chi connectivity index (χ0v) is 13.3. The zero-order chi connectivity index (χ0) is 13.8. The van der Waals surface area contributed by atoms with Crippen molar-refractivity contribution in [3.05, 3.63) is 48.0 Å². The van der Waals surface area contributed by atoms with Crippen molar-refractivity contribution >= 4 is 29.1 Å². The van der Waals surface area contributed by atoms with Crippen LogP contribution >= 0.6 is 22.9 Å². The normalized spacial score (nSPS) is 13.4. The van der Waals surface area contributed by atoms with Gasteiger partial charge in [-0.05, 0) is 18.9 Å². The van der Waals surface area contributed by atoms with Crippen molar-refractivity contribution in [1.82, 2.24) is 0 Å². The van der Waals surface area contributed by atoms with E-state index >= 15 is 0 Å². The summed E-state index contributed by atoms with van der Waals surface area (Å²) < 4.78 is 14.9. The first kappa shape index (κ1) is 16.3. The second-order valence-electron chi connectivity index (χ2n) is 4.13. The van der Waals surface area contributed by atoms with Gasteiger partial charge in [0.25, 0.3) is 0 Å². The fourth-order valence-electron chi connectivity index (χ4n) is 1.48. The van der Waals surface area contributed by atoms with Gasteiger partial charge in [0.05, 0.1) is 48.8 Å². The fraction of sp³-hybridized carbons (Fsp3) is 0.400. The summed E-state index contributed by atoms with van der Waals surface area (Å²) in [6.45, 7) is 3.92. The lowest BCUT2D eigenvalue weighted by Gasteiger charge is -2.07. The lowest BCUT2D eigenvalue weighted by atomic mass is 10.2. The molecule has 0 aliphatic heterocycles. The van der Waals surface area contributed by atoms with Crippen molar-refractivity contribution in [2.24, 2.45) is 3.21 Å². The van der Waals surface area contributed by atoms with E-state index in [0.29, 0.717) is 19.8 Å². The summed E-state index contributed by atoms with van der Waals surface area (Å²) in [5, 5.41) is 0. The van der Waals surface area contributed by atoms with E-state index in [1.54, 1.807) is 6.21 Å². The molecule has 1 aromatic rings. The highest BCUT2D eigenvalue weighted by Crippen LogP contribution is 2.01. The number of ether oxygens (including phenoxy) is 2. The summed E-state index contributed by atoms with van der Waals surface area (Å²) in [5.74, 6) is 0. The maximum absolute atomic E-state index is 5.55. The molecular formula is C15H20INO2. The lowest BCUT2D eigenvalue weighted by molar-refractivity contribution is 0.100. The molecule has 0 amide bonds. The SMILES string of the molecule is C[C@@H](C/C=C\COCc1ccccc1)OC/C=N/I. The minimum absolute atomic E-state index is 0.208. The lowest BCUT2D eigenvalue weighted by Crippen LogP contribution is -2.08. The second-order valence-corrected chi connectivity index (χ2v) is 4.69. The van der Waals surface area contributed by atoms with E-state index in [9.17, 15) is 0 Å². The van der Waals surface area contributed by atoms with Gasteiger partial charge in [-0.2, -0.15) is 0 Å². The van der Waals surface area contributed by atoms with Gasteiger partial charge in [0, 0.05) is 6.21 Å². The maximum Gasteiger partial charge on any atom is 0.0828 e. The minimum atomic E-state index is 0.208. The molecule has 1 atom stereocenters. The van der Waals surface area contributed by atoms with Crippen LogP contribution in [0.2, 0.25) is 0 Å². The molecule has 0 spiro atoms. The largest absolute Gasteiger partial charge is 0.373 e. The number of hydrogen-bond acceptors (Lipinski definition) is 3. The van der Waals surface area contributed by atoms with E-state index in [2.05, 4.69) is 28.3 Å². The Morgan fingerprint density at radius 1 is 1.21 bits per heavy atom. The highest BCUT2D eigenvalue weighted by Gasteiger charge is 1.97. The van der Waals surface area contributed by atoms with Gasteiger partial charge in [0.1, 0.15) is 0 Å². The predicted octanol–water partition coefficient (Wildman–Crippen LogP) is 3.98. The van der Waals surface area contributed by atoms with Crippen LogP contribution in [0.1, 0.15) is 18.9 Å². The fourth-order valence-corrected chi connectivity index (χ4v) is 1.64. The molecule has 0 aliphatic rings. The van der Waals surface area contributed by atoms with E-state index in [1.807, 2.05) is 47.1 Å². The monoisotopic (exact) mass is 373 g/mol. The number of halogens is 1. The predicted molar refractivity (Wildman–Crippen MR) is 87.8 cm³/mol. The van der Waals surface area contributed by atoms with Crippen molar-refractivity contribution in [1.29, 1.82) is 0 Å². The van der Waals surface area contributed by atoms with Crippen molar-refractivity contribution in [2.75, 3.05) is 13.2 Å². The first-order chi connectivity index (χ1) is 9.33. The molecule has 0 saturated carbocycles. The number of benzene rings is 1. The molecule has 0 fully saturated rings. The third-order valence-corrected chi connectivity index (χ3v) is 2.88. The second kappa shape index (κ2) is 11.1. The smallest absolute Gasteiger partial charge is 0.0828 e. The number of hydrogen-bond donors (Lipinski definition) is 0. The van der Waals surface area contributed by atoms with E-state index in [1.165, 1.54) is 5.56 Å². The minimum Gasteiger partial charge on any atom is -0.373 e. The highest BCUT2D eigenvalue weighted by molar-refractivity contribution is 14.1. The summed E-state index contributed by atoms with van der Waals surface area (Å²) >= 11 is 1.94. The summed E-state index contributed by atoms with van der Waals surface area (Å²) in [5.41, 5.74) is 1.20. The van der Waals surface area contributed by atoms with Gasteiger partial charge in [-0.3, -0.25) is 0 Å². The van der Waals surface area contributed by atoms with E-state index < -0.39 is 0 Å². The van der Waals surface area contributed by atoms with Gasteiger partial charge in [0.2, 0.25) is 0 Å². The first-order valence-corrected chi connectivity index (χ1v) is 7.30. The molecule has 19 heavy (non-hydrogen) atoms. The number of nitrogens with zero attached hydrogens (tertiary/aromatic N) is 1. The first-order valence-electron chi connectivity index (χ1n) is 6.34. The zero-order valence-electron chi connectivity index (χ0n) is 11.2. The van der Waals surface area contributed by atoms with E-state index in [4.69, 9.17) is 9.47 Å². The average molecular weight is 373 g/mol. The molecule has 0 saturated heterocycles. The Hall–Kier alpha value is -0.720. The van der Waals surface area contributed by atoms with Gasteiger partial charge in [0.15, 0.2) is 0 Å². The van der Waals surface area contributed by atoms with Gasteiger partial charge in [-0.1, -0.05) is 42.5 Å². The Balaban J connectivity index is 2.04. The van der Waals surface area contributed by atoms with Crippen LogP contribution in [0, 0.1) is 0 Å². The number of rotatable bonds is 9. The molecule has 0 unspecified atom stereocenters. The summed E-state index contributed by atoms with van der Waals surface area (Å²) in [4.78, 5) is 0. The van der Waals surface area contributed by atoms with Crippen molar-refractivity contribution in [2.45, 2.75) is 26.1 Å². The molecule has 104 valence electrons. The molecule has 0 radical (unpaired) electrons. The third kappa shape index (κ3) is 8.91. The van der Waals surface area contributed by atoms with Crippen LogP contribution < -0.4 is 0 Å². The van der Waals surface area contributed by atoms with Crippen LogP contribution in [0.15, 0.2) is 45.7 Å². The molecule has 0 N–H and O–H groups in total. The van der Waals surface area contributed by atoms with Crippen LogP contribution in [-0.2, 0) is 16.1 Å². The van der Waals surface area contributed by atoms with Crippen LogP contribution in [0.25, 0.3) is 0 Å². The standard InChI is InChI=1S/C15H20INO2/c1-14(19-12-10-17-16)7-5-6-11-18-13-15-8-3-2-4-9-15/h2-6,8-10,14H,7,11-13H2,1H3/b6-5-,17-10+/t14-/m0/s1. The Bertz CT molecular complexity index is 379. The Morgan fingerprint density at radius 3 is 2.74 bits per heavy atom. The Kier molecular flexibility index (Phi) is 9.57. The van der Waals surface area contributed by atoms with Crippen LogP contribution in [0.5, 0.6) is 0 Å². The van der Waals surface area contributed by atoms with Gasteiger partial charge >= 0.3 is 0 Å². The van der Waals surface area contributed by atoms with Crippen molar-refractivity contribution in [3.8, 4) is 0 Å². The summed E-state index contributed by atoms with van der Waals surface area (Å²) in [6, 6.07) is 10.2. The molecular weight excluding hydrogens is 353 g/mol. The molecule has 0 heterocycles. The summed E-state index contributed by atoms with van der Waals surface area (Å²) in [7, 11) is 0. The average Bonchev–Trinajstić information content (AvgIpc) is 2.44. The van der Waals surface area contributed by atoms with Crippen LogP contribution in [0.3, 0.4) is 0 Å².